The van der Waals surface area contributed by atoms with Gasteiger partial charge >= 0.3 is 6.15 Å². The molecule has 1 aromatic heterocycles. The van der Waals surface area contributed by atoms with Crippen molar-refractivity contribution in [3.8, 4) is 23.9 Å². The van der Waals surface area contributed by atoms with E-state index in [1.54, 1.807) is 0 Å². The van der Waals surface area contributed by atoms with Crippen LogP contribution in [-0.2, 0) is 13.6 Å². The molecule has 6 nitrogen and oxygen atoms in total. The van der Waals surface area contributed by atoms with Crippen LogP contribution in [-0.4, -0.2) is 10.7 Å². The summed E-state index contributed by atoms with van der Waals surface area (Å²) in [7, 11) is 2.06. The first-order chi connectivity index (χ1) is 10.1. The molecule has 0 fully saturated rings. The Bertz CT molecular complexity index is 531. The molecule has 1 rings (SSSR count). The molecule has 0 aliphatic heterocycles. The molecule has 0 aliphatic carbocycles. The largest absolute Gasteiger partial charge is 0.383 e. The summed E-state index contributed by atoms with van der Waals surface area (Å²) >= 11 is 0. The summed E-state index contributed by atoms with van der Waals surface area (Å²) in [6.07, 6.45) is 8.98. The van der Waals surface area contributed by atoms with Crippen molar-refractivity contribution >= 4 is 6.15 Å². The van der Waals surface area contributed by atoms with Crippen molar-refractivity contribution in [2.45, 2.75) is 39.2 Å². The summed E-state index contributed by atoms with van der Waals surface area (Å²) in [4.78, 5) is 0. The predicted molar refractivity (Wildman–Crippen MR) is 78.0 cm³/mol. The van der Waals surface area contributed by atoms with Crippen LogP contribution in [0.1, 0.15) is 32.6 Å². The van der Waals surface area contributed by atoms with E-state index in [4.69, 9.17) is 21.0 Å². The summed E-state index contributed by atoms with van der Waals surface area (Å²) in [5.41, 5.74) is 0. The van der Waals surface area contributed by atoms with E-state index in [9.17, 15) is 0 Å². The van der Waals surface area contributed by atoms with Gasteiger partial charge in [-0.15, -0.1) is 23.9 Å². The average Bonchev–Trinajstić information content (AvgIpc) is 2.93. The van der Waals surface area contributed by atoms with Crippen molar-refractivity contribution in [1.29, 1.82) is 21.0 Å². The lowest BCUT2D eigenvalue weighted by Crippen LogP contribution is -2.26. The monoisotopic (exact) mass is 282 g/mol. The second-order valence-corrected chi connectivity index (χ2v) is 4.76. The van der Waals surface area contributed by atoms with Gasteiger partial charge in [0.2, 0.25) is 6.33 Å². The lowest BCUT2D eigenvalue weighted by atomic mass is 9.30. The number of nitrogens with zero attached hydrogens (tertiary/aromatic N) is 6. The third kappa shape index (κ3) is 6.81. The van der Waals surface area contributed by atoms with E-state index in [1.165, 1.54) is 56.1 Å². The molecule has 0 N–H and O–H groups in total. The number of aromatic nitrogens is 2. The van der Waals surface area contributed by atoms with Crippen LogP contribution < -0.4 is 4.57 Å². The molecule has 108 valence electrons. The molecule has 0 radical (unpaired) electrons. The van der Waals surface area contributed by atoms with Gasteiger partial charge in [-0.3, -0.25) is 0 Å². The fourth-order valence-corrected chi connectivity index (χ4v) is 1.53. The molecule has 0 saturated heterocycles. The van der Waals surface area contributed by atoms with Crippen LogP contribution in [0.25, 0.3) is 0 Å². The maximum absolute atomic E-state index is 8.09. The molecule has 21 heavy (non-hydrogen) atoms. The number of hydrogen-bond acceptors (Lipinski definition) is 4. The minimum absolute atomic E-state index is 1.17. The summed E-state index contributed by atoms with van der Waals surface area (Å²) in [6.45, 7) is 3.41. The molecule has 0 atom stereocenters. The first-order valence-electron chi connectivity index (χ1n) is 6.89. The van der Waals surface area contributed by atoms with E-state index < -0.39 is 6.15 Å². The van der Waals surface area contributed by atoms with Gasteiger partial charge < -0.3 is 0 Å². The summed E-state index contributed by atoms with van der Waals surface area (Å²) < 4.78 is 4.33. The minimum atomic E-state index is -2.72. The van der Waals surface area contributed by atoms with E-state index in [0.717, 1.165) is 0 Å². The maximum Gasteiger partial charge on any atom is 0.383 e. The van der Waals surface area contributed by atoms with Gasteiger partial charge in [-0.1, -0.05) is 19.8 Å². The van der Waals surface area contributed by atoms with Crippen molar-refractivity contribution in [1.82, 2.24) is 4.57 Å². The molecular weight excluding hydrogens is 263 g/mol. The molecule has 1 aromatic rings. The van der Waals surface area contributed by atoms with E-state index in [2.05, 4.69) is 41.8 Å². The van der Waals surface area contributed by atoms with Gasteiger partial charge in [0.25, 0.3) is 0 Å². The van der Waals surface area contributed by atoms with Crippen LogP contribution in [0.4, 0.5) is 0 Å². The lowest BCUT2D eigenvalue weighted by molar-refractivity contribution is -0.671. The molecule has 0 aromatic carbocycles. The third-order valence-corrected chi connectivity index (χ3v) is 2.87. The molecule has 0 saturated carbocycles. The third-order valence-electron chi connectivity index (χ3n) is 2.87. The van der Waals surface area contributed by atoms with Crippen LogP contribution in [0.3, 0.4) is 0 Å². The highest BCUT2D eigenvalue weighted by Crippen LogP contribution is 2.00. The zero-order valence-corrected chi connectivity index (χ0v) is 12.5. The number of aryl methyl sites for hydroxylation is 2. The Morgan fingerprint density at radius 1 is 1.00 bits per heavy atom. The number of imidazole rings is 1. The highest BCUT2D eigenvalue weighted by molar-refractivity contribution is 7.05. The fraction of sp³-hybridized carbons (Fsp3) is 0.500. The maximum atomic E-state index is 8.09. The number of rotatable bonds is 5. The Balaban J connectivity index is 0.000000400. The van der Waals surface area contributed by atoms with E-state index in [1.807, 2.05) is 0 Å². The molecular formula is C14H19BN6. The van der Waals surface area contributed by atoms with Gasteiger partial charge in [-0.25, -0.2) is 30.2 Å². The molecule has 1 heterocycles. The molecule has 7 heteroatoms. The van der Waals surface area contributed by atoms with Crippen LogP contribution in [0.15, 0.2) is 18.7 Å². The predicted octanol–water partition coefficient (Wildman–Crippen LogP) is 1.58. The average molecular weight is 282 g/mol. The number of nitriles is 4. The van der Waals surface area contributed by atoms with E-state index in [0.29, 0.717) is 0 Å². The topological polar surface area (TPSA) is 104 Å². The quantitative estimate of drug-likeness (QED) is 0.464. The molecule has 0 aliphatic rings. The Morgan fingerprint density at radius 3 is 1.90 bits per heavy atom. The molecule has 0 spiro atoms. The van der Waals surface area contributed by atoms with Gasteiger partial charge in [-0.2, -0.15) is 0 Å². The standard InChI is InChI=1S/C10H19N2.C4BN4/c1-3-4-5-6-7-12-9-8-11(2)10-12;6-1-5(2-7,3-8)4-9/h8-10H,3-7H2,1-2H3;/q+1;-1. The highest BCUT2D eigenvalue weighted by atomic mass is 15.1. The summed E-state index contributed by atoms with van der Waals surface area (Å²) in [6, 6.07) is 0. The lowest BCUT2D eigenvalue weighted by Gasteiger charge is -1.98. The molecule has 0 amide bonds. The Hall–Kier alpha value is -2.77. The zero-order chi connectivity index (χ0) is 16.1. The van der Waals surface area contributed by atoms with Crippen molar-refractivity contribution in [3.05, 3.63) is 18.7 Å². The van der Waals surface area contributed by atoms with Crippen molar-refractivity contribution in [2.75, 3.05) is 0 Å². The second kappa shape index (κ2) is 10.1. The van der Waals surface area contributed by atoms with Crippen LogP contribution in [0, 0.1) is 44.9 Å². The molecule has 0 unspecified atom stereocenters. The van der Waals surface area contributed by atoms with Crippen molar-refractivity contribution < 1.29 is 4.57 Å². The van der Waals surface area contributed by atoms with Crippen LogP contribution >= 0.6 is 0 Å². The first kappa shape index (κ1) is 18.2. The Labute approximate surface area is 126 Å². The van der Waals surface area contributed by atoms with E-state index >= 15 is 0 Å². The second-order valence-electron chi connectivity index (χ2n) is 4.76. The van der Waals surface area contributed by atoms with Gasteiger partial charge in [0.15, 0.2) is 0 Å². The van der Waals surface area contributed by atoms with Crippen LogP contribution in [0.2, 0.25) is 0 Å². The minimum Gasteiger partial charge on any atom is -0.245 e. The zero-order valence-electron chi connectivity index (χ0n) is 12.5. The first-order valence-corrected chi connectivity index (χ1v) is 6.89. The fourth-order valence-electron chi connectivity index (χ4n) is 1.53. The summed E-state index contributed by atoms with van der Waals surface area (Å²) in [5.74, 6) is 5.38. The number of hydrogen-bond donors (Lipinski definition) is 0. The molecule has 0 bridgehead atoms. The normalized spacial score (nSPS) is 9.24. The van der Waals surface area contributed by atoms with Gasteiger partial charge in [0.05, 0.1) is 13.6 Å². The van der Waals surface area contributed by atoms with Crippen molar-refractivity contribution in [2.24, 2.45) is 7.05 Å². The Morgan fingerprint density at radius 2 is 1.57 bits per heavy atom. The van der Waals surface area contributed by atoms with Gasteiger partial charge in [-0.05, 0) is 12.8 Å². The summed E-state index contributed by atoms with van der Waals surface area (Å²) in [5, 5.41) is 32.3. The Kier molecular flexibility index (Phi) is 8.75. The van der Waals surface area contributed by atoms with E-state index in [-0.39, 0.29) is 0 Å². The van der Waals surface area contributed by atoms with Gasteiger partial charge in [0.1, 0.15) is 12.4 Å². The smallest absolute Gasteiger partial charge is 0.245 e. The highest BCUT2D eigenvalue weighted by Gasteiger charge is 2.22. The van der Waals surface area contributed by atoms with Crippen LogP contribution in [0.5, 0.6) is 0 Å². The SMILES string of the molecule is CCCCCCn1cc[n+](C)c1.N#C[B-](C#N)(C#N)C#N. The number of unbranched alkanes of at least 4 members (excludes halogenated alkanes) is 3. The van der Waals surface area contributed by atoms with Gasteiger partial charge in [0, 0.05) is 0 Å². The van der Waals surface area contributed by atoms with Crippen molar-refractivity contribution in [3.63, 3.8) is 0 Å².